The second-order valence-corrected chi connectivity index (χ2v) is 15.9. The second kappa shape index (κ2) is 9.25. The van der Waals surface area contributed by atoms with Crippen molar-refractivity contribution in [2.45, 2.75) is 52.4 Å². The number of halogens is 2. The third-order valence-electron chi connectivity index (χ3n) is 5.52. The highest BCUT2D eigenvalue weighted by molar-refractivity contribution is 14.1. The molecule has 0 bridgehead atoms. The standard InChI is InChI=1S/C24H22I2S4/c1-3-5-7-13-9-15-17-11-19(25)29-23(17)24-18(12-20(26)30-24)16-10-14(8-6-4-2)28-22(16)21(15)27-13/h9-12H,3-8H2,1-2H3/b17-15-,18-16-,22-21-,24-23-. The summed E-state index contributed by atoms with van der Waals surface area (Å²) in [5.74, 6) is 0. The van der Waals surface area contributed by atoms with Gasteiger partial charge in [0.1, 0.15) is 0 Å². The summed E-state index contributed by atoms with van der Waals surface area (Å²) in [5, 5.41) is 5.85. The molecule has 0 unspecified atom stereocenters. The van der Waals surface area contributed by atoms with Crippen LogP contribution in [-0.2, 0) is 12.8 Å². The molecular weight excluding hydrogens is 670 g/mol. The Hall–Kier alpha value is 0.260. The summed E-state index contributed by atoms with van der Waals surface area (Å²) >= 11 is 13.0. The summed E-state index contributed by atoms with van der Waals surface area (Å²) in [4.78, 5) is 3.09. The van der Waals surface area contributed by atoms with E-state index in [-0.39, 0.29) is 0 Å². The van der Waals surface area contributed by atoms with Crippen LogP contribution in [0.1, 0.15) is 49.3 Å². The van der Waals surface area contributed by atoms with Gasteiger partial charge in [-0.3, -0.25) is 0 Å². The van der Waals surface area contributed by atoms with Crippen LogP contribution < -0.4 is 0 Å². The summed E-state index contributed by atoms with van der Waals surface area (Å²) in [5.41, 5.74) is 0. The smallest absolute Gasteiger partial charge is 0.0666 e. The number of rotatable bonds is 6. The summed E-state index contributed by atoms with van der Waals surface area (Å²) in [7, 11) is 0. The first kappa shape index (κ1) is 22.1. The molecule has 156 valence electrons. The van der Waals surface area contributed by atoms with Gasteiger partial charge in [-0.05, 0) is 95.1 Å². The average molecular weight is 693 g/mol. The number of unbranched alkanes of at least 4 members (excludes halogenated alkanes) is 2. The number of fused-ring (bicyclic) bond motifs is 4. The van der Waals surface area contributed by atoms with Crippen LogP contribution in [0.3, 0.4) is 0 Å². The van der Waals surface area contributed by atoms with Gasteiger partial charge in [0.25, 0.3) is 0 Å². The number of hydrogen-bond acceptors (Lipinski definition) is 4. The molecule has 30 heavy (non-hydrogen) atoms. The molecule has 4 heterocycles. The van der Waals surface area contributed by atoms with E-state index in [0.717, 1.165) is 0 Å². The molecule has 0 amide bonds. The van der Waals surface area contributed by atoms with Crippen molar-refractivity contribution in [1.82, 2.24) is 0 Å². The van der Waals surface area contributed by atoms with E-state index in [1.54, 1.807) is 9.75 Å². The Kier molecular flexibility index (Phi) is 6.81. The molecule has 4 aromatic rings. The van der Waals surface area contributed by atoms with Crippen LogP contribution >= 0.6 is 90.5 Å². The van der Waals surface area contributed by atoms with Gasteiger partial charge in [-0.2, -0.15) is 0 Å². The highest BCUT2D eigenvalue weighted by Gasteiger charge is 2.11. The zero-order chi connectivity index (χ0) is 20.8. The van der Waals surface area contributed by atoms with Crippen LogP contribution in [0.25, 0.3) is 0 Å². The zero-order valence-corrected chi connectivity index (χ0v) is 24.5. The molecule has 4 aromatic heterocycles. The van der Waals surface area contributed by atoms with Crippen molar-refractivity contribution in [3.05, 3.63) is 78.8 Å². The van der Waals surface area contributed by atoms with E-state index in [9.17, 15) is 0 Å². The lowest BCUT2D eigenvalue weighted by molar-refractivity contribution is 0.804. The van der Waals surface area contributed by atoms with E-state index in [1.807, 2.05) is 45.3 Å². The SMILES string of the molecule is CCCCc1cc2/c(s1)=c1/sc(CCCC)c/c1=c1\cc(I)s\c1=c1/sc(I)c/c1=2. The van der Waals surface area contributed by atoms with Crippen molar-refractivity contribution in [2.24, 2.45) is 0 Å². The van der Waals surface area contributed by atoms with Gasteiger partial charge in [-0.15, -0.1) is 45.3 Å². The van der Waals surface area contributed by atoms with Gasteiger partial charge >= 0.3 is 0 Å². The minimum atomic E-state index is 1.20. The van der Waals surface area contributed by atoms with Gasteiger partial charge in [0, 0.05) is 30.6 Å². The Morgan fingerprint density at radius 2 is 0.933 bits per heavy atom. The quantitative estimate of drug-likeness (QED) is 0.156. The van der Waals surface area contributed by atoms with E-state index < -0.39 is 0 Å². The predicted molar refractivity (Wildman–Crippen MR) is 151 cm³/mol. The van der Waals surface area contributed by atoms with Crippen molar-refractivity contribution in [1.29, 1.82) is 0 Å². The second-order valence-electron chi connectivity index (χ2n) is 7.70. The van der Waals surface area contributed by atoms with E-state index in [4.69, 9.17) is 0 Å². The van der Waals surface area contributed by atoms with E-state index in [1.165, 1.54) is 83.3 Å². The number of aryl methyl sites for hydroxylation is 2. The third-order valence-corrected chi connectivity index (χ3v) is 12.0. The molecule has 6 heteroatoms. The number of thiophene rings is 4. The Labute approximate surface area is 219 Å². The molecule has 0 nitrogen and oxygen atoms in total. The minimum Gasteiger partial charge on any atom is -0.139 e. The molecule has 0 aromatic carbocycles. The van der Waals surface area contributed by atoms with Crippen LogP contribution in [0, 0.1) is 44.8 Å². The first-order valence-electron chi connectivity index (χ1n) is 10.4. The lowest BCUT2D eigenvalue weighted by atomic mass is 10.2. The molecule has 1 aliphatic rings. The summed E-state index contributed by atoms with van der Waals surface area (Å²) in [6.45, 7) is 4.58. The van der Waals surface area contributed by atoms with Crippen molar-refractivity contribution in [3.8, 4) is 0 Å². The van der Waals surface area contributed by atoms with Gasteiger partial charge in [-0.1, -0.05) is 26.7 Å². The first-order valence-corrected chi connectivity index (χ1v) is 15.9. The fourth-order valence-corrected chi connectivity index (χ4v) is 10.5. The highest BCUT2D eigenvalue weighted by atomic mass is 127. The summed E-state index contributed by atoms with van der Waals surface area (Å²) < 4.78 is 8.71. The maximum Gasteiger partial charge on any atom is 0.0666 e. The fourth-order valence-electron chi connectivity index (χ4n) is 4.03. The van der Waals surface area contributed by atoms with Gasteiger partial charge in [0.15, 0.2) is 0 Å². The molecule has 0 saturated heterocycles. The third kappa shape index (κ3) is 4.02. The predicted octanol–water partition coefficient (Wildman–Crippen LogP) is 9.29. The highest BCUT2D eigenvalue weighted by Crippen LogP contribution is 2.30. The fraction of sp³-hybridized carbons (Fsp3) is 0.333. The van der Waals surface area contributed by atoms with Crippen LogP contribution in [-0.4, -0.2) is 0 Å². The minimum absolute atomic E-state index is 1.20. The van der Waals surface area contributed by atoms with Crippen molar-refractivity contribution in [3.63, 3.8) is 0 Å². The summed E-state index contributed by atoms with van der Waals surface area (Å²) in [6, 6.07) is 9.86. The Balaban J connectivity index is 2.07. The monoisotopic (exact) mass is 692 g/mol. The van der Waals surface area contributed by atoms with E-state index >= 15 is 0 Å². The molecule has 0 atom stereocenters. The largest absolute Gasteiger partial charge is 0.139 e. The van der Waals surface area contributed by atoms with Crippen LogP contribution in [0.4, 0.5) is 0 Å². The maximum absolute atomic E-state index is 2.51. The molecule has 5 rings (SSSR count). The lowest BCUT2D eigenvalue weighted by Crippen LogP contribution is -1.78. The van der Waals surface area contributed by atoms with Gasteiger partial charge < -0.3 is 0 Å². The maximum atomic E-state index is 2.51. The van der Waals surface area contributed by atoms with Gasteiger partial charge in [0.05, 0.1) is 23.9 Å². The zero-order valence-electron chi connectivity index (χ0n) is 16.9. The van der Waals surface area contributed by atoms with Gasteiger partial charge in [0.2, 0.25) is 0 Å². The van der Waals surface area contributed by atoms with Crippen molar-refractivity contribution in [2.75, 3.05) is 0 Å². The van der Waals surface area contributed by atoms with Crippen molar-refractivity contribution >= 4 is 90.5 Å². The summed E-state index contributed by atoms with van der Waals surface area (Å²) in [6.07, 6.45) is 7.47. The average Bonchev–Trinajstić information content (AvgIpc) is 3.47. The normalized spacial score (nSPS) is 16.9. The molecule has 0 N–H and O–H groups in total. The number of hydrogen-bond donors (Lipinski definition) is 0. The van der Waals surface area contributed by atoms with Crippen molar-refractivity contribution < 1.29 is 0 Å². The molecule has 0 fully saturated rings. The molecule has 1 aliphatic carbocycles. The molecule has 0 radical (unpaired) electrons. The Morgan fingerprint density at radius 1 is 0.567 bits per heavy atom. The lowest BCUT2D eigenvalue weighted by Gasteiger charge is -1.91. The van der Waals surface area contributed by atoms with Crippen LogP contribution in [0.15, 0.2) is 24.3 Å². The van der Waals surface area contributed by atoms with E-state index in [0.29, 0.717) is 0 Å². The Morgan fingerprint density at radius 3 is 1.33 bits per heavy atom. The van der Waals surface area contributed by atoms with Crippen LogP contribution in [0.2, 0.25) is 0 Å². The van der Waals surface area contributed by atoms with Crippen LogP contribution in [0.5, 0.6) is 0 Å². The molecule has 0 spiro atoms. The first-order chi connectivity index (χ1) is 14.6. The Bertz CT molecular complexity index is 1480. The topological polar surface area (TPSA) is 0 Å². The molecular formula is C24H22I2S4. The van der Waals surface area contributed by atoms with Gasteiger partial charge in [-0.25, -0.2) is 0 Å². The van der Waals surface area contributed by atoms with E-state index in [2.05, 4.69) is 83.3 Å². The molecule has 0 saturated carbocycles. The molecule has 0 aliphatic heterocycles.